The Morgan fingerprint density at radius 1 is 1.48 bits per heavy atom. The number of hydrogen-bond donors (Lipinski definition) is 0. The Labute approximate surface area is 125 Å². The Bertz CT molecular complexity index is 743. The number of para-hydroxylation sites is 2. The van der Waals surface area contributed by atoms with Gasteiger partial charge in [-0.2, -0.15) is 5.10 Å². The number of nitro benzene ring substituents is 1. The van der Waals surface area contributed by atoms with E-state index in [1.54, 1.807) is 24.4 Å². The molecule has 7 heteroatoms. The van der Waals surface area contributed by atoms with Gasteiger partial charge in [0.15, 0.2) is 5.12 Å². The number of nitrogens with zero attached hydrogens (tertiary/aromatic N) is 3. The SMILES string of the molecule is CC(=O)SCC#Cc1cnn(-c2ccccc2[N+](=O)[O-])c1. The van der Waals surface area contributed by atoms with Crippen molar-refractivity contribution < 1.29 is 9.72 Å². The third-order valence-corrected chi connectivity index (χ3v) is 3.18. The second-order valence-electron chi connectivity index (χ2n) is 4.00. The Hall–Kier alpha value is -2.59. The van der Waals surface area contributed by atoms with E-state index >= 15 is 0 Å². The lowest BCUT2D eigenvalue weighted by molar-refractivity contribution is -0.384. The highest BCUT2D eigenvalue weighted by Gasteiger charge is 2.14. The van der Waals surface area contributed by atoms with Gasteiger partial charge in [0, 0.05) is 19.2 Å². The molecule has 0 bridgehead atoms. The minimum atomic E-state index is -0.453. The summed E-state index contributed by atoms with van der Waals surface area (Å²) in [5, 5.41) is 15.1. The van der Waals surface area contributed by atoms with Crippen molar-refractivity contribution in [2.24, 2.45) is 0 Å². The molecule has 0 fully saturated rings. The highest BCUT2D eigenvalue weighted by atomic mass is 32.2. The zero-order valence-corrected chi connectivity index (χ0v) is 12.0. The van der Waals surface area contributed by atoms with E-state index in [0.717, 1.165) is 11.8 Å². The topological polar surface area (TPSA) is 78.0 Å². The summed E-state index contributed by atoms with van der Waals surface area (Å²) < 4.78 is 1.42. The van der Waals surface area contributed by atoms with E-state index < -0.39 is 4.92 Å². The van der Waals surface area contributed by atoms with Gasteiger partial charge in [0.25, 0.3) is 5.69 Å². The Balaban J connectivity index is 2.21. The van der Waals surface area contributed by atoms with E-state index in [2.05, 4.69) is 16.9 Å². The van der Waals surface area contributed by atoms with Crippen LogP contribution in [0.5, 0.6) is 0 Å². The normalized spacial score (nSPS) is 9.76. The predicted molar refractivity (Wildman–Crippen MR) is 80.2 cm³/mol. The van der Waals surface area contributed by atoms with E-state index in [4.69, 9.17) is 0 Å². The second-order valence-corrected chi connectivity index (χ2v) is 5.15. The van der Waals surface area contributed by atoms with Gasteiger partial charge in [0.05, 0.1) is 22.4 Å². The molecule has 0 saturated carbocycles. The van der Waals surface area contributed by atoms with Crippen LogP contribution in [0.2, 0.25) is 0 Å². The van der Waals surface area contributed by atoms with E-state index in [1.165, 1.54) is 23.9 Å². The molecule has 0 spiro atoms. The molecule has 1 heterocycles. The van der Waals surface area contributed by atoms with Crippen molar-refractivity contribution in [3.05, 3.63) is 52.3 Å². The lowest BCUT2D eigenvalue weighted by Crippen LogP contribution is -1.99. The van der Waals surface area contributed by atoms with E-state index in [9.17, 15) is 14.9 Å². The summed E-state index contributed by atoms with van der Waals surface area (Å²) in [5.74, 6) is 6.11. The summed E-state index contributed by atoms with van der Waals surface area (Å²) >= 11 is 1.13. The lowest BCUT2D eigenvalue weighted by atomic mass is 10.2. The average molecular weight is 301 g/mol. The number of hydrogen-bond acceptors (Lipinski definition) is 5. The van der Waals surface area contributed by atoms with Crippen LogP contribution in [0.15, 0.2) is 36.7 Å². The van der Waals surface area contributed by atoms with Gasteiger partial charge in [0.1, 0.15) is 5.69 Å². The molecule has 21 heavy (non-hydrogen) atoms. The van der Waals surface area contributed by atoms with Gasteiger partial charge >= 0.3 is 0 Å². The fourth-order valence-corrected chi connectivity index (χ4v) is 1.95. The van der Waals surface area contributed by atoms with Crippen LogP contribution < -0.4 is 0 Å². The van der Waals surface area contributed by atoms with Crippen LogP contribution in [0.1, 0.15) is 12.5 Å². The second kappa shape index (κ2) is 6.72. The minimum absolute atomic E-state index is 0.0138. The zero-order valence-electron chi connectivity index (χ0n) is 11.1. The van der Waals surface area contributed by atoms with E-state index in [1.807, 2.05) is 0 Å². The Morgan fingerprint density at radius 3 is 2.95 bits per heavy atom. The van der Waals surface area contributed by atoms with Gasteiger partial charge in [-0.15, -0.1) is 0 Å². The summed E-state index contributed by atoms with van der Waals surface area (Å²) in [7, 11) is 0. The van der Waals surface area contributed by atoms with Crippen molar-refractivity contribution in [3.8, 4) is 17.5 Å². The van der Waals surface area contributed by atoms with Gasteiger partial charge in [0.2, 0.25) is 0 Å². The van der Waals surface area contributed by atoms with Gasteiger partial charge in [-0.3, -0.25) is 14.9 Å². The fraction of sp³-hybridized carbons (Fsp3) is 0.143. The third-order valence-electron chi connectivity index (χ3n) is 2.49. The first-order chi connectivity index (χ1) is 10.1. The maximum absolute atomic E-state index is 11.0. The van der Waals surface area contributed by atoms with Crippen molar-refractivity contribution in [2.45, 2.75) is 6.92 Å². The van der Waals surface area contributed by atoms with Gasteiger partial charge in [-0.25, -0.2) is 4.68 Å². The van der Waals surface area contributed by atoms with Crippen LogP contribution in [0.25, 0.3) is 5.69 Å². The molecule has 2 rings (SSSR count). The van der Waals surface area contributed by atoms with Crippen molar-refractivity contribution in [1.82, 2.24) is 9.78 Å². The standard InChI is InChI=1S/C14H11N3O3S/c1-11(18)21-8-4-5-12-9-15-16(10-12)13-6-2-3-7-14(13)17(19)20/h2-3,6-7,9-10H,8H2,1H3. The molecular formula is C14H11N3O3S. The molecule has 106 valence electrons. The number of benzene rings is 1. The van der Waals surface area contributed by atoms with Crippen molar-refractivity contribution in [1.29, 1.82) is 0 Å². The van der Waals surface area contributed by atoms with E-state index in [0.29, 0.717) is 17.0 Å². The Morgan fingerprint density at radius 2 is 2.24 bits per heavy atom. The molecule has 0 radical (unpaired) electrons. The molecule has 0 unspecified atom stereocenters. The number of nitro groups is 1. The minimum Gasteiger partial charge on any atom is -0.288 e. The van der Waals surface area contributed by atoms with Gasteiger partial charge < -0.3 is 0 Å². The molecule has 0 atom stereocenters. The molecule has 0 aliphatic carbocycles. The van der Waals surface area contributed by atoms with Crippen molar-refractivity contribution in [2.75, 3.05) is 5.75 Å². The number of aromatic nitrogens is 2. The average Bonchev–Trinajstić information content (AvgIpc) is 2.92. The molecule has 1 aromatic heterocycles. The van der Waals surface area contributed by atoms with Crippen LogP contribution in [-0.2, 0) is 4.79 Å². The monoisotopic (exact) mass is 301 g/mol. The first-order valence-electron chi connectivity index (χ1n) is 5.98. The zero-order chi connectivity index (χ0) is 15.2. The maximum atomic E-state index is 11.0. The molecule has 1 aromatic carbocycles. The van der Waals surface area contributed by atoms with Gasteiger partial charge in [-0.05, 0) is 6.07 Å². The number of rotatable bonds is 3. The number of carbonyl (C=O) groups is 1. The fourth-order valence-electron chi connectivity index (χ4n) is 1.61. The van der Waals surface area contributed by atoms with Crippen LogP contribution in [0.4, 0.5) is 5.69 Å². The predicted octanol–water partition coefficient (Wildman–Crippen LogP) is 2.41. The molecule has 6 nitrogen and oxygen atoms in total. The molecular weight excluding hydrogens is 290 g/mol. The highest BCUT2D eigenvalue weighted by molar-refractivity contribution is 8.13. The van der Waals surface area contributed by atoms with Crippen LogP contribution in [-0.4, -0.2) is 25.6 Å². The summed E-state index contributed by atoms with van der Waals surface area (Å²) in [6, 6.07) is 6.35. The largest absolute Gasteiger partial charge is 0.294 e. The van der Waals surface area contributed by atoms with Crippen molar-refractivity contribution >= 4 is 22.6 Å². The van der Waals surface area contributed by atoms with Crippen LogP contribution in [0.3, 0.4) is 0 Å². The summed E-state index contributed by atoms with van der Waals surface area (Å²) in [6.45, 7) is 1.49. The summed E-state index contributed by atoms with van der Waals surface area (Å²) in [5.41, 5.74) is 0.998. The summed E-state index contributed by atoms with van der Waals surface area (Å²) in [4.78, 5) is 21.3. The quantitative estimate of drug-likeness (QED) is 0.494. The third kappa shape index (κ3) is 3.94. The molecule has 0 N–H and O–H groups in total. The molecule has 0 amide bonds. The molecule has 2 aromatic rings. The smallest absolute Gasteiger partial charge is 0.288 e. The van der Waals surface area contributed by atoms with Crippen LogP contribution in [0, 0.1) is 22.0 Å². The van der Waals surface area contributed by atoms with Crippen molar-refractivity contribution in [3.63, 3.8) is 0 Å². The summed E-state index contributed by atoms with van der Waals surface area (Å²) in [6.07, 6.45) is 3.15. The lowest BCUT2D eigenvalue weighted by Gasteiger charge is -2.01. The van der Waals surface area contributed by atoms with Gasteiger partial charge in [-0.1, -0.05) is 35.7 Å². The number of carbonyl (C=O) groups excluding carboxylic acids is 1. The number of thioether (sulfide) groups is 1. The molecule has 0 aliphatic rings. The highest BCUT2D eigenvalue weighted by Crippen LogP contribution is 2.21. The first kappa shape index (κ1) is 14.8. The molecule has 0 aliphatic heterocycles. The van der Waals surface area contributed by atoms with E-state index in [-0.39, 0.29) is 10.8 Å². The maximum Gasteiger partial charge on any atom is 0.294 e. The van der Waals surface area contributed by atoms with Crippen LogP contribution >= 0.6 is 11.8 Å². The Kier molecular flexibility index (Phi) is 4.74. The molecule has 0 saturated heterocycles. The first-order valence-corrected chi connectivity index (χ1v) is 6.97.